The van der Waals surface area contributed by atoms with Crippen LogP contribution in [0.25, 0.3) is 0 Å². The fraction of sp³-hybridized carbons (Fsp3) is 0.333. The van der Waals surface area contributed by atoms with Gasteiger partial charge in [-0.1, -0.05) is 17.6 Å². The van der Waals surface area contributed by atoms with Crippen LogP contribution in [0.4, 0.5) is 4.39 Å². The molecule has 102 valence electrons. The van der Waals surface area contributed by atoms with Crippen LogP contribution in [-0.2, 0) is 19.3 Å². The molecule has 1 aliphatic carbocycles. The summed E-state index contributed by atoms with van der Waals surface area (Å²) in [6, 6.07) is 5.12. The van der Waals surface area contributed by atoms with Gasteiger partial charge in [0.2, 0.25) is 0 Å². The summed E-state index contributed by atoms with van der Waals surface area (Å²) in [6.45, 7) is 0. The van der Waals surface area contributed by atoms with Gasteiger partial charge in [-0.15, -0.1) is 0 Å². The number of fused-ring (bicyclic) bond motifs is 1. The molecule has 5 heteroatoms. The lowest BCUT2D eigenvalue weighted by atomic mass is 9.88. The van der Waals surface area contributed by atoms with E-state index in [1.54, 1.807) is 13.9 Å². The third kappa shape index (κ3) is 2.40. The first-order chi connectivity index (χ1) is 9.65. The lowest BCUT2D eigenvalue weighted by Gasteiger charge is -2.17. The summed E-state index contributed by atoms with van der Waals surface area (Å²) in [5.74, 6) is -0.190. The van der Waals surface area contributed by atoms with Crippen molar-refractivity contribution < 1.29 is 4.39 Å². The van der Waals surface area contributed by atoms with Crippen LogP contribution in [0.5, 0.6) is 0 Å². The van der Waals surface area contributed by atoms with E-state index in [1.165, 1.54) is 6.07 Å². The second-order valence-electron chi connectivity index (χ2n) is 5.42. The van der Waals surface area contributed by atoms with Gasteiger partial charge in [-0.2, -0.15) is 5.10 Å². The highest BCUT2D eigenvalue weighted by Gasteiger charge is 2.17. The summed E-state index contributed by atoms with van der Waals surface area (Å²) in [6.07, 6.45) is 4.56. The molecule has 3 nitrogen and oxygen atoms in total. The van der Waals surface area contributed by atoms with Crippen molar-refractivity contribution in [3.05, 3.63) is 56.8 Å². The average Bonchev–Trinajstić information content (AvgIpc) is 2.46. The largest absolute Gasteiger partial charge is 0.268 e. The number of nitrogens with zero attached hydrogens (tertiary/aromatic N) is 1. The monoisotopic (exact) mass is 270 g/mol. The number of benzene rings is 1. The summed E-state index contributed by atoms with van der Waals surface area (Å²) in [7, 11) is 1.76. The minimum atomic E-state index is -0.190. The molecule has 1 N–H and O–H groups in total. The average molecular weight is 270 g/mol. The maximum absolute atomic E-state index is 13.3. The molecule has 2 aromatic rings. The standard InChI is InChI=1S/C15H16BFN2O/c16-12-7-9(5-6-13(12)17)8-14-10-3-1-2-4-11(10)15(20)19-18-14/h5-7H,1-4,8,16H2,(H,19,20). The van der Waals surface area contributed by atoms with Crippen molar-refractivity contribution in [2.45, 2.75) is 32.1 Å². The van der Waals surface area contributed by atoms with Gasteiger partial charge in [-0.25, -0.2) is 9.49 Å². The predicted molar refractivity (Wildman–Crippen MR) is 78.9 cm³/mol. The zero-order chi connectivity index (χ0) is 14.1. The van der Waals surface area contributed by atoms with Gasteiger partial charge in [0.05, 0.1) is 5.69 Å². The second-order valence-corrected chi connectivity index (χ2v) is 5.42. The second kappa shape index (κ2) is 5.23. The first-order valence-electron chi connectivity index (χ1n) is 6.99. The highest BCUT2D eigenvalue weighted by atomic mass is 19.1. The van der Waals surface area contributed by atoms with Crippen LogP contribution in [0.15, 0.2) is 23.0 Å². The van der Waals surface area contributed by atoms with Crippen LogP contribution < -0.4 is 11.0 Å². The van der Waals surface area contributed by atoms with E-state index in [-0.39, 0.29) is 11.4 Å². The SMILES string of the molecule is Bc1cc(Cc2n[nH]c(=O)c3c2CCCC3)ccc1F. The Labute approximate surface area is 117 Å². The van der Waals surface area contributed by atoms with Crippen molar-refractivity contribution in [1.82, 2.24) is 10.2 Å². The number of H-pyrrole nitrogens is 1. The number of aromatic nitrogens is 2. The third-order valence-corrected chi connectivity index (χ3v) is 3.98. The molecule has 1 aliphatic rings. The number of halogens is 1. The molecule has 3 rings (SSSR count). The van der Waals surface area contributed by atoms with E-state index in [4.69, 9.17) is 0 Å². The molecule has 0 saturated heterocycles. The maximum atomic E-state index is 13.3. The van der Waals surface area contributed by atoms with Crippen molar-refractivity contribution in [2.24, 2.45) is 0 Å². The lowest BCUT2D eigenvalue weighted by Crippen LogP contribution is -2.23. The van der Waals surface area contributed by atoms with Crippen molar-refractivity contribution in [3.8, 4) is 0 Å². The quantitative estimate of drug-likeness (QED) is 0.814. The predicted octanol–water partition coefficient (Wildman–Crippen LogP) is 0.637. The van der Waals surface area contributed by atoms with Gasteiger partial charge in [0.1, 0.15) is 13.7 Å². The summed E-state index contributed by atoms with van der Waals surface area (Å²) in [5, 5.41) is 6.80. The molecule has 0 atom stereocenters. The Morgan fingerprint density at radius 2 is 2.00 bits per heavy atom. The molecule has 0 unspecified atom stereocenters. The molecule has 0 amide bonds. The molecule has 0 aliphatic heterocycles. The number of hydrogen-bond acceptors (Lipinski definition) is 2. The van der Waals surface area contributed by atoms with E-state index in [1.807, 2.05) is 6.07 Å². The van der Waals surface area contributed by atoms with E-state index in [9.17, 15) is 9.18 Å². The molecule has 0 bridgehead atoms. The smallest absolute Gasteiger partial charge is 0.267 e. The Balaban J connectivity index is 1.98. The van der Waals surface area contributed by atoms with Gasteiger partial charge >= 0.3 is 0 Å². The Bertz CT molecular complexity index is 712. The maximum Gasteiger partial charge on any atom is 0.267 e. The van der Waals surface area contributed by atoms with Gasteiger partial charge in [0.15, 0.2) is 0 Å². The number of hydrogen-bond donors (Lipinski definition) is 1. The van der Waals surface area contributed by atoms with Crippen LogP contribution >= 0.6 is 0 Å². The Morgan fingerprint density at radius 1 is 1.25 bits per heavy atom. The first kappa shape index (κ1) is 13.1. The Hall–Kier alpha value is -1.91. The van der Waals surface area contributed by atoms with E-state index < -0.39 is 0 Å². The molecule has 1 aromatic heterocycles. The summed E-state index contributed by atoms with van der Waals surface area (Å²) in [5.41, 5.74) is 4.52. The van der Waals surface area contributed by atoms with E-state index in [2.05, 4.69) is 10.2 Å². The first-order valence-corrected chi connectivity index (χ1v) is 6.99. The van der Waals surface area contributed by atoms with Gasteiger partial charge in [-0.3, -0.25) is 4.79 Å². The van der Waals surface area contributed by atoms with E-state index in [0.29, 0.717) is 11.9 Å². The van der Waals surface area contributed by atoms with Gasteiger partial charge < -0.3 is 0 Å². The van der Waals surface area contributed by atoms with Crippen LogP contribution in [0, 0.1) is 5.82 Å². The number of nitrogens with one attached hydrogen (secondary N) is 1. The zero-order valence-corrected chi connectivity index (χ0v) is 11.5. The van der Waals surface area contributed by atoms with Crippen LogP contribution in [0.2, 0.25) is 0 Å². The highest BCUT2D eigenvalue weighted by molar-refractivity contribution is 6.32. The number of aromatic amines is 1. The molecular formula is C15H16BFN2O. The minimum absolute atomic E-state index is 0.0567. The molecule has 1 aromatic carbocycles. The molecular weight excluding hydrogens is 254 g/mol. The topological polar surface area (TPSA) is 45.8 Å². The van der Waals surface area contributed by atoms with Crippen LogP contribution in [0.1, 0.15) is 35.2 Å². The Kier molecular flexibility index (Phi) is 3.43. The fourth-order valence-electron chi connectivity index (χ4n) is 2.88. The van der Waals surface area contributed by atoms with Crippen molar-refractivity contribution in [2.75, 3.05) is 0 Å². The minimum Gasteiger partial charge on any atom is -0.268 e. The lowest BCUT2D eigenvalue weighted by molar-refractivity contribution is 0.635. The normalized spacial score (nSPS) is 14.1. The van der Waals surface area contributed by atoms with Gasteiger partial charge in [0.25, 0.3) is 5.56 Å². The van der Waals surface area contributed by atoms with E-state index in [0.717, 1.165) is 48.1 Å². The molecule has 0 spiro atoms. The van der Waals surface area contributed by atoms with Crippen LogP contribution in [0.3, 0.4) is 0 Å². The molecule has 0 saturated carbocycles. The summed E-state index contributed by atoms with van der Waals surface area (Å²) in [4.78, 5) is 11.8. The number of rotatable bonds is 2. The molecule has 20 heavy (non-hydrogen) atoms. The van der Waals surface area contributed by atoms with Crippen molar-refractivity contribution >= 4 is 13.3 Å². The van der Waals surface area contributed by atoms with E-state index >= 15 is 0 Å². The van der Waals surface area contributed by atoms with Gasteiger partial charge in [-0.05, 0) is 42.9 Å². The molecule has 1 heterocycles. The van der Waals surface area contributed by atoms with Crippen LogP contribution in [-0.4, -0.2) is 18.0 Å². The molecule has 0 radical (unpaired) electrons. The van der Waals surface area contributed by atoms with Gasteiger partial charge in [0, 0.05) is 12.0 Å². The summed E-state index contributed by atoms with van der Waals surface area (Å²) >= 11 is 0. The summed E-state index contributed by atoms with van der Waals surface area (Å²) < 4.78 is 13.3. The van der Waals surface area contributed by atoms with Crippen molar-refractivity contribution in [1.29, 1.82) is 0 Å². The zero-order valence-electron chi connectivity index (χ0n) is 11.5. The third-order valence-electron chi connectivity index (χ3n) is 3.98. The Morgan fingerprint density at radius 3 is 2.75 bits per heavy atom. The highest BCUT2D eigenvalue weighted by Crippen LogP contribution is 2.21. The van der Waals surface area contributed by atoms with Crippen molar-refractivity contribution in [3.63, 3.8) is 0 Å². The fourth-order valence-corrected chi connectivity index (χ4v) is 2.88. The molecule has 0 fully saturated rings.